The average Bonchev–Trinajstić information content (AvgIpc) is 3.21. The molecule has 0 fully saturated rings. The number of carbonyl (C=O) groups is 1. The Kier molecular flexibility index (Phi) is 8.34. The zero-order valence-corrected chi connectivity index (χ0v) is 22.5. The summed E-state index contributed by atoms with van der Waals surface area (Å²) in [6.07, 6.45) is 7.03. The highest BCUT2D eigenvalue weighted by Gasteiger charge is 2.34. The molecule has 196 valence electrons. The van der Waals surface area contributed by atoms with Gasteiger partial charge in [0.05, 0.1) is 42.2 Å². The summed E-state index contributed by atoms with van der Waals surface area (Å²) in [7, 11) is 1.56. The van der Waals surface area contributed by atoms with Gasteiger partial charge in [0, 0.05) is 0 Å². The molecule has 2 heterocycles. The van der Waals surface area contributed by atoms with E-state index >= 15 is 0 Å². The van der Waals surface area contributed by atoms with Crippen LogP contribution in [0.1, 0.15) is 37.9 Å². The first-order chi connectivity index (χ1) is 18.4. The number of benzene rings is 2. The Hall–Kier alpha value is -4.29. The maximum absolute atomic E-state index is 13.8. The molecule has 8 nitrogen and oxygen atoms in total. The van der Waals surface area contributed by atoms with Crippen LogP contribution in [0.4, 0.5) is 0 Å². The maximum atomic E-state index is 13.8. The van der Waals surface area contributed by atoms with E-state index in [1.54, 1.807) is 51.3 Å². The summed E-state index contributed by atoms with van der Waals surface area (Å²) in [6, 6.07) is 11.9. The first kappa shape index (κ1) is 26.8. The number of hydrogen-bond acceptors (Lipinski definition) is 8. The van der Waals surface area contributed by atoms with E-state index in [1.807, 2.05) is 25.1 Å². The summed E-state index contributed by atoms with van der Waals surface area (Å²) in [5, 5.41) is 0. The van der Waals surface area contributed by atoms with Crippen LogP contribution in [0, 0.1) is 12.3 Å². The topological polar surface area (TPSA) is 88.3 Å². The van der Waals surface area contributed by atoms with Crippen molar-refractivity contribution in [3.8, 4) is 29.6 Å². The van der Waals surface area contributed by atoms with Crippen LogP contribution in [0.2, 0.25) is 0 Å². The van der Waals surface area contributed by atoms with E-state index in [4.69, 9.17) is 25.4 Å². The van der Waals surface area contributed by atoms with Crippen LogP contribution in [0.5, 0.6) is 17.2 Å². The molecule has 1 atom stereocenters. The van der Waals surface area contributed by atoms with E-state index in [0.29, 0.717) is 50.0 Å². The van der Waals surface area contributed by atoms with Crippen LogP contribution in [0.3, 0.4) is 0 Å². The molecule has 1 aromatic heterocycles. The highest BCUT2D eigenvalue weighted by atomic mass is 32.1. The third kappa shape index (κ3) is 5.36. The molecule has 0 spiro atoms. The molecule has 9 heteroatoms. The zero-order chi connectivity index (χ0) is 27.2. The van der Waals surface area contributed by atoms with E-state index in [2.05, 4.69) is 10.9 Å². The molecule has 0 unspecified atom stereocenters. The lowest BCUT2D eigenvalue weighted by molar-refractivity contribution is -0.139. The molecular weight excluding hydrogens is 504 g/mol. The third-order valence-electron chi connectivity index (χ3n) is 5.82. The molecule has 38 heavy (non-hydrogen) atoms. The van der Waals surface area contributed by atoms with E-state index in [9.17, 15) is 9.59 Å². The van der Waals surface area contributed by atoms with E-state index in [1.165, 1.54) is 15.9 Å². The van der Waals surface area contributed by atoms with Crippen molar-refractivity contribution in [2.24, 2.45) is 4.99 Å². The van der Waals surface area contributed by atoms with Crippen LogP contribution >= 0.6 is 11.3 Å². The van der Waals surface area contributed by atoms with E-state index < -0.39 is 12.0 Å². The minimum Gasteiger partial charge on any atom is -0.493 e. The van der Waals surface area contributed by atoms with Gasteiger partial charge < -0.3 is 18.9 Å². The minimum atomic E-state index is -0.753. The van der Waals surface area contributed by atoms with Crippen molar-refractivity contribution in [1.82, 2.24) is 4.57 Å². The van der Waals surface area contributed by atoms with Gasteiger partial charge in [0.25, 0.3) is 5.56 Å². The second kappa shape index (κ2) is 11.8. The fourth-order valence-corrected chi connectivity index (χ4v) is 5.22. The molecule has 1 aliphatic rings. The molecule has 0 saturated heterocycles. The summed E-state index contributed by atoms with van der Waals surface area (Å²) < 4.78 is 24.0. The largest absolute Gasteiger partial charge is 0.493 e. The molecule has 0 saturated carbocycles. The number of fused-ring (bicyclic) bond motifs is 1. The Morgan fingerprint density at radius 2 is 1.89 bits per heavy atom. The lowest BCUT2D eigenvalue weighted by atomic mass is 9.95. The van der Waals surface area contributed by atoms with Gasteiger partial charge in [-0.05, 0) is 62.2 Å². The number of carbonyl (C=O) groups excluding carboxylic acids is 1. The Balaban J connectivity index is 1.88. The molecule has 0 radical (unpaired) electrons. The van der Waals surface area contributed by atoms with Gasteiger partial charge in [-0.1, -0.05) is 35.5 Å². The lowest BCUT2D eigenvalue weighted by Crippen LogP contribution is -2.40. The van der Waals surface area contributed by atoms with Gasteiger partial charge in [-0.25, -0.2) is 9.79 Å². The van der Waals surface area contributed by atoms with Crippen molar-refractivity contribution in [2.45, 2.75) is 26.8 Å². The summed E-state index contributed by atoms with van der Waals surface area (Å²) in [5.74, 6) is 3.61. The first-order valence-corrected chi connectivity index (χ1v) is 12.9. The van der Waals surface area contributed by atoms with Gasteiger partial charge >= 0.3 is 5.97 Å². The van der Waals surface area contributed by atoms with Crippen molar-refractivity contribution < 1.29 is 23.7 Å². The number of esters is 1. The number of terminal acetylenes is 1. The summed E-state index contributed by atoms with van der Waals surface area (Å²) in [6.45, 7) is 6.16. The van der Waals surface area contributed by atoms with Gasteiger partial charge in [0.1, 0.15) is 12.4 Å². The van der Waals surface area contributed by atoms with Crippen molar-refractivity contribution in [3.05, 3.63) is 84.5 Å². The number of ether oxygens (including phenoxy) is 4. The Morgan fingerprint density at radius 1 is 1.13 bits per heavy atom. The predicted molar refractivity (Wildman–Crippen MR) is 145 cm³/mol. The van der Waals surface area contributed by atoms with Crippen molar-refractivity contribution in [3.63, 3.8) is 0 Å². The van der Waals surface area contributed by atoms with Crippen LogP contribution in [-0.4, -0.2) is 37.5 Å². The summed E-state index contributed by atoms with van der Waals surface area (Å²) in [5.41, 5.74) is 2.01. The molecule has 0 N–H and O–H groups in total. The number of nitrogens with zero attached hydrogens (tertiary/aromatic N) is 2. The van der Waals surface area contributed by atoms with Crippen LogP contribution in [0.15, 0.2) is 63.5 Å². The highest BCUT2D eigenvalue weighted by molar-refractivity contribution is 7.07. The van der Waals surface area contributed by atoms with Crippen molar-refractivity contribution >= 4 is 23.4 Å². The van der Waals surface area contributed by atoms with Gasteiger partial charge in [-0.15, -0.1) is 6.42 Å². The average molecular weight is 533 g/mol. The number of aromatic nitrogens is 1. The molecule has 0 aliphatic carbocycles. The van der Waals surface area contributed by atoms with Gasteiger partial charge in [-0.3, -0.25) is 9.36 Å². The molecule has 2 aromatic carbocycles. The van der Waals surface area contributed by atoms with Crippen molar-refractivity contribution in [1.29, 1.82) is 0 Å². The molecule has 3 aromatic rings. The van der Waals surface area contributed by atoms with E-state index in [0.717, 1.165) is 5.56 Å². The molecule has 4 rings (SSSR count). The second-order valence-corrected chi connectivity index (χ2v) is 9.22. The molecule has 1 aliphatic heterocycles. The summed E-state index contributed by atoms with van der Waals surface area (Å²) in [4.78, 5) is 32.0. The highest BCUT2D eigenvalue weighted by Crippen LogP contribution is 2.36. The SMILES string of the molecule is C#CCOc1ccc(/C=c2\sc3n(c2=O)[C@@H](c2ccc(OC)c(OCC)c2)C(C(=O)OCC)=C(C)N=3)cc1. The van der Waals surface area contributed by atoms with Gasteiger partial charge in [-0.2, -0.15) is 0 Å². The predicted octanol–water partition coefficient (Wildman–Crippen LogP) is 3.22. The standard InChI is InChI=1S/C29H28N2O6S/c1-6-15-37-21-12-9-19(10-13-21)16-24-27(32)31-26(20-11-14-22(34-5)23(17-20)35-7-2)25(28(33)36-8-3)18(4)30-29(31)38-24/h1,9-14,16-17,26H,7-8,15H2,2-5H3/b24-16-/t26-/m0/s1. The fraction of sp³-hybridized carbons (Fsp3) is 0.276. The van der Waals surface area contributed by atoms with Crippen molar-refractivity contribution in [2.75, 3.05) is 26.9 Å². The van der Waals surface area contributed by atoms with E-state index in [-0.39, 0.29) is 18.8 Å². The lowest BCUT2D eigenvalue weighted by Gasteiger charge is -2.25. The quantitative estimate of drug-likeness (QED) is 0.311. The summed E-state index contributed by atoms with van der Waals surface area (Å²) >= 11 is 1.25. The maximum Gasteiger partial charge on any atom is 0.338 e. The zero-order valence-electron chi connectivity index (χ0n) is 21.6. The van der Waals surface area contributed by atoms with Crippen LogP contribution < -0.4 is 29.1 Å². The van der Waals surface area contributed by atoms with Crippen LogP contribution in [-0.2, 0) is 9.53 Å². The minimum absolute atomic E-state index is 0.177. The fourth-order valence-electron chi connectivity index (χ4n) is 4.18. The normalized spacial score (nSPS) is 14.8. The second-order valence-electron chi connectivity index (χ2n) is 8.21. The number of allylic oxidation sites excluding steroid dienone is 1. The first-order valence-electron chi connectivity index (χ1n) is 12.1. The third-order valence-corrected chi connectivity index (χ3v) is 6.80. The number of hydrogen-bond donors (Lipinski definition) is 0. The number of methoxy groups -OCH3 is 1. The molecule has 0 amide bonds. The molecule has 0 bridgehead atoms. The monoisotopic (exact) mass is 532 g/mol. The smallest absolute Gasteiger partial charge is 0.338 e. The Morgan fingerprint density at radius 3 is 2.55 bits per heavy atom. The van der Waals surface area contributed by atoms with Gasteiger partial charge in [0.2, 0.25) is 0 Å². The molecular formula is C29H28N2O6S. The van der Waals surface area contributed by atoms with Gasteiger partial charge in [0.15, 0.2) is 16.3 Å². The Labute approximate surface area is 224 Å². The number of thiazole rings is 1. The van der Waals surface area contributed by atoms with Crippen LogP contribution in [0.25, 0.3) is 6.08 Å². The Bertz CT molecular complexity index is 1590. The number of rotatable bonds is 9.